The summed E-state index contributed by atoms with van der Waals surface area (Å²) in [6.07, 6.45) is 4.22. The van der Waals surface area contributed by atoms with Gasteiger partial charge < -0.3 is 10.4 Å². The third-order valence-electron chi connectivity index (χ3n) is 6.17. The van der Waals surface area contributed by atoms with Crippen molar-refractivity contribution in [3.63, 3.8) is 0 Å². The van der Waals surface area contributed by atoms with Crippen molar-refractivity contribution in [3.8, 4) is 11.3 Å². The third kappa shape index (κ3) is 6.36. The summed E-state index contributed by atoms with van der Waals surface area (Å²) in [6, 6.07) is 14.2. The van der Waals surface area contributed by atoms with Crippen LogP contribution < -0.4 is 15.4 Å². The largest absolute Gasteiger partial charge is 0.374 e. The van der Waals surface area contributed by atoms with Crippen molar-refractivity contribution >= 4 is 21.8 Å². The highest BCUT2D eigenvalue weighted by molar-refractivity contribution is 7.92. The number of nitrogens with zero attached hydrogens (tertiary/aromatic N) is 2. The Morgan fingerprint density at radius 3 is 2.34 bits per heavy atom. The molecule has 0 amide bonds. The van der Waals surface area contributed by atoms with Crippen molar-refractivity contribution in [3.05, 3.63) is 65.2 Å². The van der Waals surface area contributed by atoms with Gasteiger partial charge in [-0.2, -0.15) is 4.98 Å². The predicted octanol–water partition coefficient (Wildman–Crippen LogP) is 4.52. The Balaban J connectivity index is 1.74. The number of hydrogen-bond donors (Lipinski definition) is 4. The summed E-state index contributed by atoms with van der Waals surface area (Å²) in [6.45, 7) is 5.41. The number of hydrogen-bond acceptors (Lipinski definition) is 7. The molecule has 3 aromatic rings. The highest BCUT2D eigenvalue weighted by Gasteiger charge is 2.20. The topological polar surface area (TPSA) is 116 Å². The fraction of sp³-hybridized carbons (Fsp3) is 0.385. The van der Waals surface area contributed by atoms with Crippen LogP contribution in [-0.4, -0.2) is 36.6 Å². The molecule has 0 fully saturated rings. The second-order valence-electron chi connectivity index (χ2n) is 8.96. The number of sulfonamides is 1. The SMILES string of the molecule is Cc1cccc(C)c1-c1cc2nc(n1)NS(=O)(=O)c1cccc(c1)C(O)NCCCCCCCN2. The van der Waals surface area contributed by atoms with Gasteiger partial charge in [-0.15, -0.1) is 0 Å². The molecule has 2 heterocycles. The van der Waals surface area contributed by atoms with Gasteiger partial charge >= 0.3 is 0 Å². The Hall–Kier alpha value is -3.01. The molecule has 9 heteroatoms. The number of fused-ring (bicyclic) bond motifs is 4. The second-order valence-corrected chi connectivity index (χ2v) is 10.6. The number of aryl methyl sites for hydroxylation is 2. The van der Waals surface area contributed by atoms with E-state index in [1.165, 1.54) is 12.1 Å². The summed E-state index contributed by atoms with van der Waals surface area (Å²) in [5, 5.41) is 16.9. The number of nitrogens with one attached hydrogen (secondary N) is 3. The lowest BCUT2D eigenvalue weighted by molar-refractivity contribution is 0.138. The average molecular weight is 496 g/mol. The maximum absolute atomic E-state index is 13.2. The first kappa shape index (κ1) is 25.1. The van der Waals surface area contributed by atoms with Gasteiger partial charge in [0.1, 0.15) is 12.0 Å². The average Bonchev–Trinajstić information content (AvgIpc) is 2.82. The summed E-state index contributed by atoms with van der Waals surface area (Å²) in [4.78, 5) is 9.07. The van der Waals surface area contributed by atoms with Crippen LogP contribution in [0.4, 0.5) is 11.8 Å². The molecule has 1 aliphatic rings. The molecule has 4 N–H and O–H groups in total. The molecule has 1 atom stereocenters. The normalized spacial score (nSPS) is 19.0. The van der Waals surface area contributed by atoms with E-state index in [2.05, 4.69) is 25.3 Å². The van der Waals surface area contributed by atoms with E-state index in [0.29, 0.717) is 23.6 Å². The van der Waals surface area contributed by atoms with E-state index >= 15 is 0 Å². The smallest absolute Gasteiger partial charge is 0.264 e. The lowest BCUT2D eigenvalue weighted by Gasteiger charge is -2.16. The third-order valence-corrected chi connectivity index (χ3v) is 7.50. The highest BCUT2D eigenvalue weighted by atomic mass is 32.2. The van der Waals surface area contributed by atoms with Crippen molar-refractivity contribution < 1.29 is 13.5 Å². The Morgan fingerprint density at radius 2 is 1.57 bits per heavy atom. The number of anilines is 2. The Bertz CT molecular complexity index is 1260. The van der Waals surface area contributed by atoms with Gasteiger partial charge in [0.15, 0.2) is 0 Å². The molecule has 35 heavy (non-hydrogen) atoms. The van der Waals surface area contributed by atoms with Crippen LogP contribution >= 0.6 is 0 Å². The van der Waals surface area contributed by atoms with Gasteiger partial charge in [0.05, 0.1) is 10.6 Å². The van der Waals surface area contributed by atoms with Gasteiger partial charge in [0.25, 0.3) is 10.0 Å². The zero-order chi connectivity index (χ0) is 24.8. The minimum atomic E-state index is -3.98. The molecule has 1 unspecified atom stereocenters. The number of benzene rings is 2. The molecule has 0 radical (unpaired) electrons. The zero-order valence-electron chi connectivity index (χ0n) is 20.2. The highest BCUT2D eigenvalue weighted by Crippen LogP contribution is 2.29. The lowest BCUT2D eigenvalue weighted by atomic mass is 10.00. The van der Waals surface area contributed by atoms with Gasteiger partial charge in [0, 0.05) is 18.2 Å². The minimum Gasteiger partial charge on any atom is -0.374 e. The monoisotopic (exact) mass is 495 g/mol. The molecule has 0 aliphatic carbocycles. The van der Waals surface area contributed by atoms with Crippen molar-refractivity contribution in [2.45, 2.75) is 57.1 Å². The van der Waals surface area contributed by atoms with E-state index in [0.717, 1.165) is 55.3 Å². The molecule has 2 aromatic carbocycles. The zero-order valence-corrected chi connectivity index (χ0v) is 21.0. The predicted molar refractivity (Wildman–Crippen MR) is 139 cm³/mol. The van der Waals surface area contributed by atoms with E-state index in [-0.39, 0.29) is 10.8 Å². The van der Waals surface area contributed by atoms with Gasteiger partial charge in [0.2, 0.25) is 5.95 Å². The number of aliphatic hydroxyl groups excluding tert-OH is 1. The summed E-state index contributed by atoms with van der Waals surface area (Å²) in [5.74, 6) is 0.572. The number of aromatic nitrogens is 2. The van der Waals surface area contributed by atoms with E-state index in [9.17, 15) is 13.5 Å². The first-order chi connectivity index (χ1) is 16.8. The standard InChI is InChI=1S/C26H33N5O3S/c1-18-10-8-11-19(2)24(18)22-17-23-27-14-6-4-3-5-7-15-28-25(32)20-12-9-13-21(16-20)35(33,34)31-26(29-22)30-23/h8-13,16-17,25,28,32H,3-7,14-15H2,1-2H3,(H2,27,29,30,31). The fourth-order valence-electron chi connectivity index (χ4n) is 4.31. The Labute approximate surface area is 207 Å². The molecule has 1 aromatic heterocycles. The van der Waals surface area contributed by atoms with E-state index in [1.807, 2.05) is 38.1 Å². The number of rotatable bonds is 1. The summed E-state index contributed by atoms with van der Waals surface area (Å²) < 4.78 is 29.0. The molecule has 0 spiro atoms. The van der Waals surface area contributed by atoms with Gasteiger partial charge in [-0.05, 0) is 62.1 Å². The molecule has 0 saturated heterocycles. The van der Waals surface area contributed by atoms with Crippen molar-refractivity contribution in [2.75, 3.05) is 23.1 Å². The van der Waals surface area contributed by atoms with E-state index in [1.54, 1.807) is 12.1 Å². The molecule has 186 valence electrons. The molecule has 8 nitrogen and oxygen atoms in total. The van der Waals surface area contributed by atoms with E-state index in [4.69, 9.17) is 0 Å². The van der Waals surface area contributed by atoms with Crippen LogP contribution in [0.3, 0.4) is 0 Å². The molecule has 4 rings (SSSR count). The van der Waals surface area contributed by atoms with Crippen molar-refractivity contribution in [1.29, 1.82) is 0 Å². The lowest BCUT2D eigenvalue weighted by Crippen LogP contribution is -2.23. The quantitative estimate of drug-likeness (QED) is 0.392. The fourth-order valence-corrected chi connectivity index (χ4v) is 5.31. The van der Waals surface area contributed by atoms with Gasteiger partial charge in [-0.25, -0.2) is 18.1 Å². The maximum atomic E-state index is 13.2. The van der Waals surface area contributed by atoms with Gasteiger partial charge in [-0.1, -0.05) is 49.6 Å². The van der Waals surface area contributed by atoms with E-state index < -0.39 is 16.3 Å². The molecule has 0 saturated carbocycles. The van der Waals surface area contributed by atoms with Crippen molar-refractivity contribution in [1.82, 2.24) is 15.3 Å². The Morgan fingerprint density at radius 1 is 0.886 bits per heavy atom. The molecular formula is C26H33N5O3S. The first-order valence-corrected chi connectivity index (χ1v) is 13.6. The van der Waals surface area contributed by atoms with Crippen LogP contribution in [0.5, 0.6) is 0 Å². The molecule has 4 bridgehead atoms. The van der Waals surface area contributed by atoms with Crippen LogP contribution in [-0.2, 0) is 10.0 Å². The number of aliphatic hydroxyl groups is 1. The summed E-state index contributed by atoms with van der Waals surface area (Å²) in [5.41, 5.74) is 4.19. The van der Waals surface area contributed by atoms with Crippen molar-refractivity contribution in [2.24, 2.45) is 0 Å². The maximum Gasteiger partial charge on any atom is 0.264 e. The van der Waals surface area contributed by atoms with Crippen LogP contribution in [0.15, 0.2) is 53.4 Å². The molecule has 1 aliphatic heterocycles. The van der Waals surface area contributed by atoms with Gasteiger partial charge in [-0.3, -0.25) is 5.32 Å². The minimum absolute atomic E-state index is 0.00199. The molecular weight excluding hydrogens is 462 g/mol. The second kappa shape index (κ2) is 11.2. The Kier molecular flexibility index (Phi) is 8.00. The first-order valence-electron chi connectivity index (χ1n) is 12.1. The van der Waals surface area contributed by atoms with Crippen LogP contribution in [0.25, 0.3) is 11.3 Å². The summed E-state index contributed by atoms with van der Waals surface area (Å²) in [7, 11) is -3.98. The van der Waals surface area contributed by atoms with Crippen LogP contribution in [0.1, 0.15) is 55.0 Å². The summed E-state index contributed by atoms with van der Waals surface area (Å²) >= 11 is 0. The van der Waals surface area contributed by atoms with Crippen LogP contribution in [0, 0.1) is 13.8 Å². The van der Waals surface area contributed by atoms with Crippen LogP contribution in [0.2, 0.25) is 0 Å².